The van der Waals surface area contributed by atoms with E-state index in [-0.39, 0.29) is 12.1 Å². The first-order valence-corrected chi connectivity index (χ1v) is 9.02. The van der Waals surface area contributed by atoms with E-state index in [1.54, 1.807) is 30.4 Å². The lowest BCUT2D eigenvalue weighted by molar-refractivity contribution is -0.138. The van der Waals surface area contributed by atoms with Gasteiger partial charge in [0.25, 0.3) is 5.56 Å². The van der Waals surface area contributed by atoms with Crippen LogP contribution in [0.15, 0.2) is 59.7 Å². The van der Waals surface area contributed by atoms with E-state index in [0.29, 0.717) is 23.5 Å². The second-order valence-corrected chi connectivity index (χ2v) is 6.90. The number of nitrogens with zero attached hydrogens (tertiary/aromatic N) is 3. The minimum Gasteiger partial charge on any atom is -0.480 e. The Labute approximate surface area is 165 Å². The molecule has 8 nitrogen and oxygen atoms in total. The summed E-state index contributed by atoms with van der Waals surface area (Å²) in [5, 5.41) is 16.5. The van der Waals surface area contributed by atoms with Crippen molar-refractivity contribution in [2.24, 2.45) is 0 Å². The van der Waals surface area contributed by atoms with Crippen molar-refractivity contribution in [3.63, 3.8) is 0 Å². The number of carboxylic acids is 1. The van der Waals surface area contributed by atoms with Crippen LogP contribution in [0.5, 0.6) is 0 Å². The molecule has 29 heavy (non-hydrogen) atoms. The van der Waals surface area contributed by atoms with Crippen LogP contribution >= 0.6 is 0 Å². The summed E-state index contributed by atoms with van der Waals surface area (Å²) >= 11 is 0. The van der Waals surface area contributed by atoms with Crippen LogP contribution in [0.3, 0.4) is 0 Å². The average molecular weight is 389 g/mol. The summed E-state index contributed by atoms with van der Waals surface area (Å²) in [7, 11) is 1.76. The molecule has 4 aromatic rings. The molecule has 0 fully saturated rings. The predicted octanol–water partition coefficient (Wildman–Crippen LogP) is 2.50. The number of hydrogen-bond donors (Lipinski definition) is 3. The van der Waals surface area contributed by atoms with Gasteiger partial charge < -0.3 is 10.1 Å². The van der Waals surface area contributed by atoms with Crippen LogP contribution < -0.4 is 5.56 Å². The smallest absolute Gasteiger partial charge is 0.317 e. The predicted molar refractivity (Wildman–Crippen MR) is 109 cm³/mol. The number of nitrogens with one attached hydrogen (secondary N) is 2. The number of hydrogen-bond acceptors (Lipinski definition) is 5. The van der Waals surface area contributed by atoms with Crippen LogP contribution in [0.25, 0.3) is 33.4 Å². The normalized spacial score (nSPS) is 11.2. The fourth-order valence-electron chi connectivity index (χ4n) is 3.30. The van der Waals surface area contributed by atoms with Crippen LogP contribution in [-0.4, -0.2) is 49.7 Å². The Balaban J connectivity index is 1.68. The molecular weight excluding hydrogens is 370 g/mol. The summed E-state index contributed by atoms with van der Waals surface area (Å²) in [6.07, 6.45) is 3.35. The van der Waals surface area contributed by atoms with Crippen molar-refractivity contribution in [1.29, 1.82) is 0 Å². The Morgan fingerprint density at radius 2 is 1.93 bits per heavy atom. The second kappa shape index (κ2) is 7.69. The van der Waals surface area contributed by atoms with Crippen molar-refractivity contribution < 1.29 is 9.90 Å². The van der Waals surface area contributed by atoms with Crippen molar-refractivity contribution in [3.8, 4) is 22.5 Å². The van der Waals surface area contributed by atoms with Crippen molar-refractivity contribution in [2.75, 3.05) is 13.6 Å². The maximum atomic E-state index is 12.4. The van der Waals surface area contributed by atoms with Crippen LogP contribution in [0.1, 0.15) is 5.56 Å². The van der Waals surface area contributed by atoms with Crippen LogP contribution in [0, 0.1) is 0 Å². The van der Waals surface area contributed by atoms with E-state index >= 15 is 0 Å². The number of H-pyrrole nitrogens is 2. The zero-order chi connectivity index (χ0) is 20.4. The molecular formula is C21H19N5O3. The maximum absolute atomic E-state index is 12.4. The van der Waals surface area contributed by atoms with Crippen molar-refractivity contribution in [1.82, 2.24) is 25.1 Å². The number of aromatic amines is 2. The number of pyridine rings is 1. The van der Waals surface area contributed by atoms with E-state index in [1.165, 1.54) is 0 Å². The molecule has 0 atom stereocenters. The highest BCUT2D eigenvalue weighted by molar-refractivity contribution is 5.86. The third-order valence-corrected chi connectivity index (χ3v) is 4.61. The van der Waals surface area contributed by atoms with Gasteiger partial charge in [-0.2, -0.15) is 5.10 Å². The van der Waals surface area contributed by atoms with Crippen LogP contribution in [0.2, 0.25) is 0 Å². The SMILES string of the molecule is CN(CC(=O)O)Cc1ccc2[nH]c(-c3cc(-c4ccncc4)n[nH]c3=O)cc2c1. The molecule has 3 aromatic heterocycles. The van der Waals surface area contributed by atoms with Gasteiger partial charge in [-0.1, -0.05) is 6.07 Å². The molecule has 146 valence electrons. The molecule has 1 aromatic carbocycles. The van der Waals surface area contributed by atoms with E-state index in [0.717, 1.165) is 22.0 Å². The highest BCUT2D eigenvalue weighted by Gasteiger charge is 2.12. The average Bonchev–Trinajstić information content (AvgIpc) is 3.11. The summed E-state index contributed by atoms with van der Waals surface area (Å²) in [4.78, 5) is 32.2. The van der Waals surface area contributed by atoms with E-state index in [4.69, 9.17) is 5.11 Å². The van der Waals surface area contributed by atoms with Crippen LogP contribution in [0.4, 0.5) is 0 Å². The van der Waals surface area contributed by atoms with Gasteiger partial charge in [0.2, 0.25) is 0 Å². The lowest BCUT2D eigenvalue weighted by Gasteiger charge is -2.13. The zero-order valence-electron chi connectivity index (χ0n) is 15.7. The molecule has 0 spiro atoms. The molecule has 0 amide bonds. The molecule has 3 heterocycles. The van der Waals surface area contributed by atoms with Gasteiger partial charge in [0, 0.05) is 35.4 Å². The summed E-state index contributed by atoms with van der Waals surface area (Å²) in [6, 6.07) is 13.2. The standard InChI is InChI=1S/C21H19N5O3/c1-26(12-20(27)28)11-13-2-3-17-15(8-13)9-19(23-17)16-10-18(24-25-21(16)29)14-4-6-22-7-5-14/h2-10,23H,11-12H2,1H3,(H,25,29)(H,27,28). The van der Waals surface area contributed by atoms with Crippen LogP contribution in [-0.2, 0) is 11.3 Å². The molecule has 0 saturated heterocycles. The molecule has 8 heteroatoms. The number of aliphatic carboxylic acids is 1. The van der Waals surface area contributed by atoms with Gasteiger partial charge in [0.05, 0.1) is 23.5 Å². The molecule has 0 aliphatic carbocycles. The van der Waals surface area contributed by atoms with Gasteiger partial charge in [-0.3, -0.25) is 19.5 Å². The fourth-order valence-corrected chi connectivity index (χ4v) is 3.30. The quantitative estimate of drug-likeness (QED) is 0.467. The number of fused-ring (bicyclic) bond motifs is 1. The number of carbonyl (C=O) groups is 1. The fraction of sp³-hybridized carbons (Fsp3) is 0.143. The number of aromatic nitrogens is 4. The summed E-state index contributed by atoms with van der Waals surface area (Å²) in [5.74, 6) is -0.862. The van der Waals surface area contributed by atoms with Gasteiger partial charge in [0.1, 0.15) is 0 Å². The van der Waals surface area contributed by atoms with Crippen molar-refractivity contribution >= 4 is 16.9 Å². The first kappa shape index (κ1) is 18.6. The van der Waals surface area contributed by atoms with Gasteiger partial charge >= 0.3 is 5.97 Å². The topological polar surface area (TPSA) is 115 Å². The van der Waals surface area contributed by atoms with E-state index in [1.807, 2.05) is 36.4 Å². The zero-order valence-corrected chi connectivity index (χ0v) is 15.7. The minimum absolute atomic E-state index is 0.0272. The monoisotopic (exact) mass is 389 g/mol. The lowest BCUT2D eigenvalue weighted by atomic mass is 10.1. The largest absolute Gasteiger partial charge is 0.480 e. The minimum atomic E-state index is -0.862. The highest BCUT2D eigenvalue weighted by Crippen LogP contribution is 2.25. The molecule has 0 aliphatic heterocycles. The number of likely N-dealkylation sites (N-methyl/N-ethyl adjacent to an activating group) is 1. The molecule has 0 saturated carbocycles. The van der Waals surface area contributed by atoms with Gasteiger partial charge in [-0.15, -0.1) is 0 Å². The summed E-state index contributed by atoms with van der Waals surface area (Å²) < 4.78 is 0. The third-order valence-electron chi connectivity index (χ3n) is 4.61. The van der Waals surface area contributed by atoms with Crippen molar-refractivity contribution in [2.45, 2.75) is 6.54 Å². The van der Waals surface area contributed by atoms with Crippen molar-refractivity contribution in [3.05, 3.63) is 70.8 Å². The Morgan fingerprint density at radius 3 is 2.69 bits per heavy atom. The third kappa shape index (κ3) is 4.07. The number of benzene rings is 1. The molecule has 3 N–H and O–H groups in total. The molecule has 0 radical (unpaired) electrons. The Morgan fingerprint density at radius 1 is 1.14 bits per heavy atom. The summed E-state index contributed by atoms with van der Waals surface area (Å²) in [6.45, 7) is 0.491. The number of rotatable bonds is 6. The first-order valence-electron chi connectivity index (χ1n) is 9.02. The molecule has 4 rings (SSSR count). The Hall–Kier alpha value is -3.78. The lowest BCUT2D eigenvalue weighted by Crippen LogP contribution is -2.25. The van der Waals surface area contributed by atoms with E-state index in [2.05, 4.69) is 20.2 Å². The number of carboxylic acid groups (broad SMARTS) is 1. The second-order valence-electron chi connectivity index (χ2n) is 6.90. The van der Waals surface area contributed by atoms with Gasteiger partial charge in [-0.05, 0) is 49.0 Å². The molecule has 0 bridgehead atoms. The summed E-state index contributed by atoms with van der Waals surface area (Å²) in [5.41, 5.74) is 4.30. The van der Waals surface area contributed by atoms with E-state index in [9.17, 15) is 9.59 Å². The molecule has 0 unspecified atom stereocenters. The Kier molecular flexibility index (Phi) is 4.92. The highest BCUT2D eigenvalue weighted by atomic mass is 16.4. The first-order chi connectivity index (χ1) is 14.0. The maximum Gasteiger partial charge on any atom is 0.317 e. The molecule has 0 aliphatic rings. The van der Waals surface area contributed by atoms with Gasteiger partial charge in [-0.25, -0.2) is 5.10 Å². The van der Waals surface area contributed by atoms with E-state index < -0.39 is 5.97 Å². The van der Waals surface area contributed by atoms with Gasteiger partial charge in [0.15, 0.2) is 0 Å². The Bertz CT molecular complexity index is 1230.